The van der Waals surface area contributed by atoms with Gasteiger partial charge in [0, 0.05) is 16.6 Å². The summed E-state index contributed by atoms with van der Waals surface area (Å²) in [7, 11) is 0. The summed E-state index contributed by atoms with van der Waals surface area (Å²) in [5, 5.41) is 17.0. The fraction of sp³-hybridized carbons (Fsp3) is 0. The van der Waals surface area contributed by atoms with E-state index in [-0.39, 0.29) is 5.56 Å². The van der Waals surface area contributed by atoms with E-state index in [1.54, 1.807) is 48.5 Å². The number of hydrogen-bond donors (Lipinski definition) is 2. The molecule has 2 N–H and O–H groups in total. The van der Waals surface area contributed by atoms with Gasteiger partial charge in [-0.2, -0.15) is 5.21 Å². The minimum Gasteiger partial charge on any atom is -0.422 e. The van der Waals surface area contributed by atoms with Crippen LogP contribution in [0.1, 0.15) is 10.4 Å². The number of H-pyrrole nitrogens is 1. The Morgan fingerprint density at radius 2 is 1.96 bits per heavy atom. The van der Waals surface area contributed by atoms with Gasteiger partial charge in [0.1, 0.15) is 11.1 Å². The first-order valence-corrected chi connectivity index (χ1v) is 7.39. The SMILES string of the molecule is O=C(Nc1cccc(-c2nn[nH]n2)c1)c1cc2ccccc2oc1=O. The molecular weight excluding hydrogens is 322 g/mol. The maximum Gasteiger partial charge on any atom is 0.349 e. The molecule has 0 aliphatic rings. The predicted molar refractivity (Wildman–Crippen MR) is 90.1 cm³/mol. The maximum absolute atomic E-state index is 12.5. The Morgan fingerprint density at radius 1 is 1.08 bits per heavy atom. The Hall–Kier alpha value is -3.81. The highest BCUT2D eigenvalue weighted by Crippen LogP contribution is 2.19. The molecule has 0 unspecified atom stereocenters. The number of benzene rings is 2. The van der Waals surface area contributed by atoms with Gasteiger partial charge >= 0.3 is 5.63 Å². The van der Waals surface area contributed by atoms with Crippen molar-refractivity contribution in [3.8, 4) is 11.4 Å². The van der Waals surface area contributed by atoms with E-state index < -0.39 is 11.5 Å². The molecule has 25 heavy (non-hydrogen) atoms. The minimum absolute atomic E-state index is 0.0661. The number of rotatable bonds is 3. The molecule has 4 aromatic rings. The van der Waals surface area contributed by atoms with Crippen molar-refractivity contribution in [2.24, 2.45) is 0 Å². The molecule has 0 radical (unpaired) electrons. The van der Waals surface area contributed by atoms with Gasteiger partial charge in [-0.1, -0.05) is 30.3 Å². The minimum atomic E-state index is -0.689. The monoisotopic (exact) mass is 333 g/mol. The first-order valence-electron chi connectivity index (χ1n) is 7.39. The van der Waals surface area contributed by atoms with E-state index in [0.717, 1.165) is 0 Å². The predicted octanol–water partition coefficient (Wildman–Crippen LogP) is 2.23. The molecule has 0 saturated carbocycles. The quantitative estimate of drug-likeness (QED) is 0.556. The van der Waals surface area contributed by atoms with Crippen LogP contribution in [0.15, 0.2) is 63.8 Å². The number of carbonyl (C=O) groups excluding carboxylic acids is 1. The number of para-hydroxylation sites is 1. The number of nitrogens with zero attached hydrogens (tertiary/aromatic N) is 3. The number of tetrazole rings is 1. The fourth-order valence-electron chi connectivity index (χ4n) is 2.44. The molecule has 0 bridgehead atoms. The highest BCUT2D eigenvalue weighted by atomic mass is 16.4. The van der Waals surface area contributed by atoms with E-state index in [0.29, 0.717) is 28.0 Å². The van der Waals surface area contributed by atoms with Crippen molar-refractivity contribution in [3.05, 3.63) is 70.6 Å². The van der Waals surface area contributed by atoms with E-state index in [4.69, 9.17) is 4.42 Å². The number of aromatic amines is 1. The normalized spacial score (nSPS) is 10.7. The number of anilines is 1. The van der Waals surface area contributed by atoms with Gasteiger partial charge in [0.15, 0.2) is 0 Å². The van der Waals surface area contributed by atoms with Gasteiger partial charge < -0.3 is 9.73 Å². The molecule has 8 heteroatoms. The molecule has 2 aromatic heterocycles. The molecule has 0 atom stereocenters. The Labute approximate surface area is 140 Å². The summed E-state index contributed by atoms with van der Waals surface area (Å²) in [5.74, 6) is -0.147. The standard InChI is InChI=1S/C17H11N5O3/c23-16(13-9-10-4-1-2-7-14(10)25-17(13)24)18-12-6-3-5-11(8-12)15-19-21-22-20-15/h1-9H,(H,18,23)(H,19,20,21,22). The van der Waals surface area contributed by atoms with Crippen LogP contribution in [0.4, 0.5) is 5.69 Å². The largest absolute Gasteiger partial charge is 0.422 e. The maximum atomic E-state index is 12.5. The first-order chi connectivity index (χ1) is 12.2. The zero-order chi connectivity index (χ0) is 17.2. The zero-order valence-electron chi connectivity index (χ0n) is 12.8. The van der Waals surface area contributed by atoms with Gasteiger partial charge in [0.2, 0.25) is 5.82 Å². The van der Waals surface area contributed by atoms with Crippen LogP contribution in [0.3, 0.4) is 0 Å². The van der Waals surface area contributed by atoms with Gasteiger partial charge in [0.05, 0.1) is 0 Å². The van der Waals surface area contributed by atoms with Crippen LogP contribution in [0.2, 0.25) is 0 Å². The molecule has 0 fully saturated rings. The van der Waals surface area contributed by atoms with Crippen LogP contribution >= 0.6 is 0 Å². The number of nitrogens with one attached hydrogen (secondary N) is 2. The number of aromatic nitrogens is 4. The summed E-state index contributed by atoms with van der Waals surface area (Å²) in [5.41, 5.74) is 0.856. The van der Waals surface area contributed by atoms with Crippen molar-refractivity contribution < 1.29 is 9.21 Å². The van der Waals surface area contributed by atoms with Gasteiger partial charge in [-0.25, -0.2) is 4.79 Å². The molecule has 2 aromatic carbocycles. The van der Waals surface area contributed by atoms with Crippen LogP contribution in [0.5, 0.6) is 0 Å². The fourth-order valence-corrected chi connectivity index (χ4v) is 2.44. The van der Waals surface area contributed by atoms with Gasteiger partial charge in [-0.15, -0.1) is 10.2 Å². The second-order valence-corrected chi connectivity index (χ2v) is 5.26. The molecule has 1 amide bonds. The number of amides is 1. The highest BCUT2D eigenvalue weighted by molar-refractivity contribution is 6.05. The average Bonchev–Trinajstić information content (AvgIpc) is 3.16. The summed E-state index contributed by atoms with van der Waals surface area (Å²) in [6, 6.07) is 15.4. The van der Waals surface area contributed by atoms with Crippen LogP contribution in [-0.2, 0) is 0 Å². The van der Waals surface area contributed by atoms with Crippen molar-refractivity contribution in [2.75, 3.05) is 5.32 Å². The van der Waals surface area contributed by atoms with E-state index in [2.05, 4.69) is 25.9 Å². The lowest BCUT2D eigenvalue weighted by Crippen LogP contribution is -2.20. The summed E-state index contributed by atoms with van der Waals surface area (Å²) in [6.07, 6.45) is 0. The van der Waals surface area contributed by atoms with Crippen LogP contribution in [-0.4, -0.2) is 26.5 Å². The Balaban J connectivity index is 1.65. The zero-order valence-corrected chi connectivity index (χ0v) is 12.8. The third kappa shape index (κ3) is 2.88. The van der Waals surface area contributed by atoms with E-state index in [1.165, 1.54) is 6.07 Å². The summed E-state index contributed by atoms with van der Waals surface area (Å²) in [6.45, 7) is 0. The van der Waals surface area contributed by atoms with E-state index in [1.807, 2.05) is 0 Å². The Kier molecular flexibility index (Phi) is 3.55. The topological polar surface area (TPSA) is 114 Å². The lowest BCUT2D eigenvalue weighted by molar-refractivity contribution is 0.102. The second-order valence-electron chi connectivity index (χ2n) is 5.26. The lowest BCUT2D eigenvalue weighted by Gasteiger charge is -2.06. The highest BCUT2D eigenvalue weighted by Gasteiger charge is 2.14. The van der Waals surface area contributed by atoms with Crippen molar-refractivity contribution in [1.82, 2.24) is 20.6 Å². The molecule has 8 nitrogen and oxygen atoms in total. The third-order valence-corrected chi connectivity index (χ3v) is 3.61. The summed E-state index contributed by atoms with van der Waals surface area (Å²) >= 11 is 0. The van der Waals surface area contributed by atoms with Crippen LogP contribution < -0.4 is 10.9 Å². The molecule has 0 spiro atoms. The summed E-state index contributed by atoms with van der Waals surface area (Å²) < 4.78 is 5.19. The van der Waals surface area contributed by atoms with Gasteiger partial charge in [-0.3, -0.25) is 4.79 Å². The number of carbonyl (C=O) groups is 1. The molecule has 4 rings (SSSR count). The number of fused-ring (bicyclic) bond motifs is 1. The van der Waals surface area contributed by atoms with Crippen molar-refractivity contribution in [2.45, 2.75) is 0 Å². The van der Waals surface area contributed by atoms with Gasteiger partial charge in [0.25, 0.3) is 5.91 Å². The molecule has 0 aliphatic heterocycles. The van der Waals surface area contributed by atoms with Crippen molar-refractivity contribution in [3.63, 3.8) is 0 Å². The second kappa shape index (κ2) is 6.00. The summed E-state index contributed by atoms with van der Waals surface area (Å²) in [4.78, 5) is 24.5. The average molecular weight is 333 g/mol. The molecule has 122 valence electrons. The molecule has 0 saturated heterocycles. The lowest BCUT2D eigenvalue weighted by atomic mass is 10.1. The first kappa shape index (κ1) is 14.8. The number of hydrogen-bond acceptors (Lipinski definition) is 6. The Morgan fingerprint density at radius 3 is 2.80 bits per heavy atom. The van der Waals surface area contributed by atoms with Crippen LogP contribution in [0, 0.1) is 0 Å². The smallest absolute Gasteiger partial charge is 0.349 e. The van der Waals surface area contributed by atoms with Crippen molar-refractivity contribution >= 4 is 22.6 Å². The van der Waals surface area contributed by atoms with E-state index in [9.17, 15) is 9.59 Å². The molecule has 0 aliphatic carbocycles. The van der Waals surface area contributed by atoms with Crippen LogP contribution in [0.25, 0.3) is 22.4 Å². The Bertz CT molecular complexity index is 1120. The molecular formula is C17H11N5O3. The van der Waals surface area contributed by atoms with Gasteiger partial charge in [-0.05, 0) is 29.5 Å². The molecule has 2 heterocycles. The third-order valence-electron chi connectivity index (χ3n) is 3.61. The van der Waals surface area contributed by atoms with Crippen molar-refractivity contribution in [1.29, 1.82) is 0 Å². The van der Waals surface area contributed by atoms with E-state index >= 15 is 0 Å².